The predicted octanol–water partition coefficient (Wildman–Crippen LogP) is 4.93. The van der Waals surface area contributed by atoms with Gasteiger partial charge in [0.1, 0.15) is 5.82 Å². The molecule has 1 heterocycles. The van der Waals surface area contributed by atoms with Gasteiger partial charge in [0.25, 0.3) is 0 Å². The van der Waals surface area contributed by atoms with Crippen LogP contribution in [0.15, 0.2) is 54.7 Å². The molecule has 4 nitrogen and oxygen atoms in total. The van der Waals surface area contributed by atoms with Gasteiger partial charge in [0, 0.05) is 18.3 Å². The standard InChI is InChI=1S/C18H12Cl2N4/c19-15-5-4-13(9-16(15)20)11-23-17-6-7-22-18(24-17)14-3-1-2-12(8-14)10-21/h1-9H,11H2,(H,22,23,24). The van der Waals surface area contributed by atoms with E-state index in [1.807, 2.05) is 24.3 Å². The first-order valence-corrected chi connectivity index (χ1v) is 7.93. The van der Waals surface area contributed by atoms with Gasteiger partial charge in [0.15, 0.2) is 5.82 Å². The number of nitrogens with one attached hydrogen (secondary N) is 1. The van der Waals surface area contributed by atoms with Crippen molar-refractivity contribution >= 4 is 29.0 Å². The maximum absolute atomic E-state index is 8.99. The number of rotatable bonds is 4. The van der Waals surface area contributed by atoms with E-state index in [0.717, 1.165) is 11.1 Å². The number of nitrogens with zero attached hydrogens (tertiary/aromatic N) is 3. The van der Waals surface area contributed by atoms with Crippen molar-refractivity contribution < 1.29 is 0 Å². The van der Waals surface area contributed by atoms with Crippen molar-refractivity contribution in [3.8, 4) is 17.5 Å². The Kier molecular flexibility index (Phi) is 4.95. The van der Waals surface area contributed by atoms with E-state index < -0.39 is 0 Å². The van der Waals surface area contributed by atoms with E-state index in [0.29, 0.717) is 33.8 Å². The van der Waals surface area contributed by atoms with E-state index in [4.69, 9.17) is 28.5 Å². The van der Waals surface area contributed by atoms with Crippen LogP contribution in [0, 0.1) is 11.3 Å². The second-order valence-electron chi connectivity index (χ2n) is 5.06. The third kappa shape index (κ3) is 3.83. The monoisotopic (exact) mass is 354 g/mol. The quantitative estimate of drug-likeness (QED) is 0.721. The molecule has 0 amide bonds. The molecule has 0 saturated carbocycles. The average Bonchev–Trinajstić information content (AvgIpc) is 2.63. The van der Waals surface area contributed by atoms with Crippen molar-refractivity contribution in [2.24, 2.45) is 0 Å². The lowest BCUT2D eigenvalue weighted by molar-refractivity contribution is 1.09. The molecule has 0 aliphatic heterocycles. The topological polar surface area (TPSA) is 61.6 Å². The molecule has 3 rings (SSSR count). The summed E-state index contributed by atoms with van der Waals surface area (Å²) in [5.74, 6) is 1.25. The third-order valence-corrected chi connectivity index (χ3v) is 4.10. The summed E-state index contributed by atoms with van der Waals surface area (Å²) in [4.78, 5) is 8.75. The number of aromatic nitrogens is 2. The second-order valence-corrected chi connectivity index (χ2v) is 5.87. The fraction of sp³-hybridized carbons (Fsp3) is 0.0556. The molecule has 1 aromatic heterocycles. The van der Waals surface area contributed by atoms with Gasteiger partial charge in [-0.25, -0.2) is 9.97 Å². The highest BCUT2D eigenvalue weighted by Crippen LogP contribution is 2.23. The molecule has 3 aromatic rings. The van der Waals surface area contributed by atoms with Gasteiger partial charge < -0.3 is 5.32 Å². The second kappa shape index (κ2) is 7.31. The van der Waals surface area contributed by atoms with Crippen LogP contribution in [0.25, 0.3) is 11.4 Å². The minimum absolute atomic E-state index is 0.521. The van der Waals surface area contributed by atoms with Crippen LogP contribution in [-0.2, 0) is 6.54 Å². The molecule has 0 fully saturated rings. The summed E-state index contributed by atoms with van der Waals surface area (Å²) in [7, 11) is 0. The predicted molar refractivity (Wildman–Crippen MR) is 96.0 cm³/mol. The Morgan fingerprint density at radius 3 is 2.71 bits per heavy atom. The molecular weight excluding hydrogens is 343 g/mol. The van der Waals surface area contributed by atoms with Crippen LogP contribution >= 0.6 is 23.2 Å². The molecule has 0 radical (unpaired) electrons. The van der Waals surface area contributed by atoms with Crippen LogP contribution in [0.1, 0.15) is 11.1 Å². The first-order valence-electron chi connectivity index (χ1n) is 7.17. The van der Waals surface area contributed by atoms with Crippen LogP contribution in [0.5, 0.6) is 0 Å². The summed E-state index contributed by atoms with van der Waals surface area (Å²) < 4.78 is 0. The number of anilines is 1. The molecule has 24 heavy (non-hydrogen) atoms. The van der Waals surface area contributed by atoms with Gasteiger partial charge in [-0.15, -0.1) is 0 Å². The first-order chi connectivity index (χ1) is 11.7. The van der Waals surface area contributed by atoms with E-state index in [-0.39, 0.29) is 0 Å². The fourth-order valence-corrected chi connectivity index (χ4v) is 2.49. The highest BCUT2D eigenvalue weighted by Gasteiger charge is 2.05. The van der Waals surface area contributed by atoms with Crippen molar-refractivity contribution in [3.63, 3.8) is 0 Å². The number of benzene rings is 2. The van der Waals surface area contributed by atoms with E-state index in [9.17, 15) is 0 Å². The molecule has 0 unspecified atom stereocenters. The van der Waals surface area contributed by atoms with Crippen molar-refractivity contribution in [1.82, 2.24) is 9.97 Å². The van der Waals surface area contributed by atoms with Gasteiger partial charge in [0.05, 0.1) is 21.7 Å². The zero-order valence-corrected chi connectivity index (χ0v) is 14.0. The van der Waals surface area contributed by atoms with Gasteiger partial charge >= 0.3 is 0 Å². The summed E-state index contributed by atoms with van der Waals surface area (Å²) >= 11 is 11.9. The molecular formula is C18H12Cl2N4. The molecule has 2 aromatic carbocycles. The lowest BCUT2D eigenvalue weighted by Gasteiger charge is -2.08. The summed E-state index contributed by atoms with van der Waals surface area (Å²) in [6.45, 7) is 0.561. The first kappa shape index (κ1) is 16.3. The lowest BCUT2D eigenvalue weighted by atomic mass is 10.1. The largest absolute Gasteiger partial charge is 0.366 e. The van der Waals surface area contributed by atoms with E-state index in [1.165, 1.54) is 0 Å². The summed E-state index contributed by atoms with van der Waals surface area (Å²) in [6, 6.07) is 16.6. The highest BCUT2D eigenvalue weighted by atomic mass is 35.5. The SMILES string of the molecule is N#Cc1cccc(-c2nccc(NCc3ccc(Cl)c(Cl)c3)n2)c1. The minimum Gasteiger partial charge on any atom is -0.366 e. The molecule has 1 N–H and O–H groups in total. The fourth-order valence-electron chi connectivity index (χ4n) is 2.17. The molecule has 0 atom stereocenters. The average molecular weight is 355 g/mol. The number of hydrogen-bond acceptors (Lipinski definition) is 4. The van der Waals surface area contributed by atoms with E-state index in [1.54, 1.807) is 30.5 Å². The van der Waals surface area contributed by atoms with Crippen LogP contribution in [0.3, 0.4) is 0 Å². The molecule has 0 aliphatic carbocycles. The van der Waals surface area contributed by atoms with Crippen LogP contribution in [0.4, 0.5) is 5.82 Å². The summed E-state index contributed by atoms with van der Waals surface area (Å²) in [6.07, 6.45) is 1.68. The molecule has 0 spiro atoms. The zero-order valence-electron chi connectivity index (χ0n) is 12.5. The number of hydrogen-bond donors (Lipinski definition) is 1. The van der Waals surface area contributed by atoms with E-state index in [2.05, 4.69) is 21.4 Å². The van der Waals surface area contributed by atoms with Crippen molar-refractivity contribution in [1.29, 1.82) is 5.26 Å². The number of nitriles is 1. The third-order valence-electron chi connectivity index (χ3n) is 3.36. The molecule has 118 valence electrons. The lowest BCUT2D eigenvalue weighted by Crippen LogP contribution is -2.02. The molecule has 6 heteroatoms. The van der Waals surface area contributed by atoms with Crippen LogP contribution in [-0.4, -0.2) is 9.97 Å². The van der Waals surface area contributed by atoms with Gasteiger partial charge in [-0.3, -0.25) is 0 Å². The zero-order chi connectivity index (χ0) is 16.9. The Bertz CT molecular complexity index is 919. The van der Waals surface area contributed by atoms with Crippen LogP contribution < -0.4 is 5.32 Å². The van der Waals surface area contributed by atoms with Crippen molar-refractivity contribution in [2.45, 2.75) is 6.54 Å². The Labute approximate surface area is 149 Å². The highest BCUT2D eigenvalue weighted by molar-refractivity contribution is 6.42. The normalized spacial score (nSPS) is 10.2. The Balaban J connectivity index is 1.78. The Hall–Kier alpha value is -2.61. The molecule has 0 bridgehead atoms. The van der Waals surface area contributed by atoms with Crippen molar-refractivity contribution in [2.75, 3.05) is 5.32 Å². The van der Waals surface area contributed by atoms with Crippen molar-refractivity contribution in [3.05, 3.63) is 75.9 Å². The van der Waals surface area contributed by atoms with Gasteiger partial charge in [-0.2, -0.15) is 5.26 Å². The van der Waals surface area contributed by atoms with E-state index >= 15 is 0 Å². The summed E-state index contributed by atoms with van der Waals surface area (Å²) in [5, 5.41) is 13.3. The minimum atomic E-state index is 0.521. The van der Waals surface area contributed by atoms with Gasteiger partial charge in [0.2, 0.25) is 0 Å². The smallest absolute Gasteiger partial charge is 0.161 e. The maximum atomic E-state index is 8.99. The maximum Gasteiger partial charge on any atom is 0.161 e. The molecule has 0 saturated heterocycles. The van der Waals surface area contributed by atoms with Gasteiger partial charge in [-0.05, 0) is 35.9 Å². The Morgan fingerprint density at radius 2 is 1.92 bits per heavy atom. The van der Waals surface area contributed by atoms with Gasteiger partial charge in [-0.1, -0.05) is 41.4 Å². The Morgan fingerprint density at radius 1 is 1.04 bits per heavy atom. The number of halogens is 2. The summed E-state index contributed by atoms with van der Waals surface area (Å²) in [5.41, 5.74) is 2.37. The van der Waals surface area contributed by atoms with Crippen LogP contribution in [0.2, 0.25) is 10.0 Å². The molecule has 0 aliphatic rings.